The minimum Gasteiger partial charge on any atom is -0.479 e. The number of alkyl halides is 3. The number of carbonyl (C=O) groups excluding carboxylic acids is 2. The maximum atomic E-state index is 12.4. The Balaban J connectivity index is 0.000000809. The summed E-state index contributed by atoms with van der Waals surface area (Å²) in [4.78, 5) is 54.7. The Morgan fingerprint density at radius 1 is 0.944 bits per heavy atom. The molecule has 0 bridgehead atoms. The third-order valence-corrected chi connectivity index (χ3v) is 4.59. The number of rotatable bonds is 11. The number of carboxylic acids is 3. The van der Waals surface area contributed by atoms with Crippen molar-refractivity contribution in [3.63, 3.8) is 0 Å². The lowest BCUT2D eigenvalue weighted by Crippen LogP contribution is -2.34. The molecule has 0 spiro atoms. The van der Waals surface area contributed by atoms with Crippen molar-refractivity contribution in [1.82, 2.24) is 10.6 Å². The van der Waals surface area contributed by atoms with Crippen LogP contribution < -0.4 is 20.1 Å². The van der Waals surface area contributed by atoms with Crippen LogP contribution in [0.2, 0.25) is 0 Å². The molecule has 1 amide bonds. The first-order chi connectivity index (χ1) is 16.8. The summed E-state index contributed by atoms with van der Waals surface area (Å²) < 4.78 is 41.9. The van der Waals surface area contributed by atoms with Crippen LogP contribution in [0.15, 0.2) is 18.2 Å². The molecule has 0 aromatic heterocycles. The number of Topliss-reactive ketones (excluding diaryl/α,β-unsaturated/α-hetero) is 1. The maximum Gasteiger partial charge on any atom is 0.490 e. The first-order valence-corrected chi connectivity index (χ1v) is 10.4. The predicted octanol–water partition coefficient (Wildman–Crippen LogP) is 0.935. The number of piperidine rings is 1. The fraction of sp³-hybridized carbons (Fsp3) is 0.476. The highest BCUT2D eigenvalue weighted by molar-refractivity contribution is 5.99. The number of hydrogen-bond acceptors (Lipinski definition) is 8. The molecule has 1 aromatic carbocycles. The van der Waals surface area contributed by atoms with Crippen LogP contribution in [0.3, 0.4) is 0 Å². The lowest BCUT2D eigenvalue weighted by atomic mass is 9.94. The van der Waals surface area contributed by atoms with Crippen molar-refractivity contribution < 1.29 is 61.9 Å². The van der Waals surface area contributed by atoms with Crippen LogP contribution in [0.5, 0.6) is 11.5 Å². The van der Waals surface area contributed by atoms with E-state index in [2.05, 4.69) is 10.6 Å². The largest absolute Gasteiger partial charge is 0.490 e. The minimum atomic E-state index is -5.08. The van der Waals surface area contributed by atoms with Crippen molar-refractivity contribution in [2.45, 2.75) is 25.4 Å². The number of amides is 1. The van der Waals surface area contributed by atoms with Crippen LogP contribution in [0.4, 0.5) is 13.2 Å². The van der Waals surface area contributed by atoms with Gasteiger partial charge in [-0.05, 0) is 50.0 Å². The molecule has 1 saturated heterocycles. The average Bonchev–Trinajstić information content (AvgIpc) is 2.80. The molecule has 1 aliphatic rings. The fourth-order valence-electron chi connectivity index (χ4n) is 2.89. The van der Waals surface area contributed by atoms with Gasteiger partial charge in [0.15, 0.2) is 30.5 Å². The molecule has 0 aliphatic carbocycles. The van der Waals surface area contributed by atoms with E-state index in [0.29, 0.717) is 12.3 Å². The Labute approximate surface area is 202 Å². The normalized spacial score (nSPS) is 13.5. The SMILES string of the molecule is O=C(O)C(F)(F)F.O=C(O)COc1ccc(C(=O)CNC(=O)CC2CCNCC2)cc1OCC(=O)O. The van der Waals surface area contributed by atoms with Gasteiger partial charge >= 0.3 is 24.1 Å². The Kier molecular flexibility index (Phi) is 12.1. The van der Waals surface area contributed by atoms with Gasteiger partial charge in [0.25, 0.3) is 0 Å². The Bertz CT molecular complexity index is 946. The first kappa shape index (κ1) is 30.2. The summed E-state index contributed by atoms with van der Waals surface area (Å²) in [5, 5.41) is 30.4. The summed E-state index contributed by atoms with van der Waals surface area (Å²) >= 11 is 0. The smallest absolute Gasteiger partial charge is 0.479 e. The number of aliphatic carboxylic acids is 3. The molecule has 36 heavy (non-hydrogen) atoms. The second kappa shape index (κ2) is 14.5. The number of carbonyl (C=O) groups is 5. The first-order valence-electron chi connectivity index (χ1n) is 10.4. The Morgan fingerprint density at radius 2 is 1.47 bits per heavy atom. The van der Waals surface area contributed by atoms with Crippen LogP contribution in [-0.4, -0.2) is 83.9 Å². The summed E-state index contributed by atoms with van der Waals surface area (Å²) in [6.45, 7) is 0.216. The topological polar surface area (TPSA) is 189 Å². The highest BCUT2D eigenvalue weighted by atomic mass is 19.4. The van der Waals surface area contributed by atoms with Gasteiger partial charge in [-0.2, -0.15) is 13.2 Å². The van der Waals surface area contributed by atoms with E-state index in [-0.39, 0.29) is 29.5 Å². The monoisotopic (exact) mass is 522 g/mol. The summed E-state index contributed by atoms with van der Waals surface area (Å²) in [5.74, 6) is -5.58. The minimum absolute atomic E-state index is 0.000133. The van der Waals surface area contributed by atoms with Crippen LogP contribution >= 0.6 is 0 Å². The van der Waals surface area contributed by atoms with E-state index < -0.39 is 43.1 Å². The van der Waals surface area contributed by atoms with E-state index in [1.807, 2.05) is 0 Å². The van der Waals surface area contributed by atoms with E-state index in [1.54, 1.807) is 0 Å². The number of carboxylic acid groups (broad SMARTS) is 3. The molecule has 15 heteroatoms. The molecular formula is C21H25F3N2O10. The third kappa shape index (κ3) is 12.0. The van der Waals surface area contributed by atoms with Gasteiger partial charge in [0, 0.05) is 12.0 Å². The lowest BCUT2D eigenvalue weighted by Gasteiger charge is -2.21. The zero-order valence-electron chi connectivity index (χ0n) is 18.8. The van der Waals surface area contributed by atoms with Gasteiger partial charge < -0.3 is 35.4 Å². The second-order valence-corrected chi connectivity index (χ2v) is 7.43. The molecule has 1 aliphatic heterocycles. The second-order valence-electron chi connectivity index (χ2n) is 7.43. The van der Waals surface area contributed by atoms with E-state index in [1.165, 1.54) is 18.2 Å². The number of ether oxygens (including phenoxy) is 2. The summed E-state index contributed by atoms with van der Waals surface area (Å²) in [7, 11) is 0. The molecule has 1 heterocycles. The van der Waals surface area contributed by atoms with Gasteiger partial charge in [0.05, 0.1) is 6.54 Å². The van der Waals surface area contributed by atoms with Crippen LogP contribution in [-0.2, 0) is 19.2 Å². The van der Waals surface area contributed by atoms with Crippen LogP contribution in [0.1, 0.15) is 29.6 Å². The summed E-state index contributed by atoms with van der Waals surface area (Å²) in [6, 6.07) is 3.98. The zero-order valence-corrected chi connectivity index (χ0v) is 18.8. The molecule has 5 N–H and O–H groups in total. The maximum absolute atomic E-state index is 12.4. The zero-order chi connectivity index (χ0) is 27.3. The Hall–Kier alpha value is -3.88. The standard InChI is InChI=1S/C19H24N2O8.C2HF3O2/c22-14(9-21-17(23)7-12-3-5-20-6-4-12)13-1-2-15(28-10-18(24)25)16(8-13)29-11-19(26)27;3-2(4,5)1(6)7/h1-2,8,12,20H,3-7,9-11H2,(H,21,23)(H,24,25)(H,26,27);(H,6,7). The van der Waals surface area contributed by atoms with Gasteiger partial charge in [0.1, 0.15) is 0 Å². The average molecular weight is 522 g/mol. The van der Waals surface area contributed by atoms with Crippen molar-refractivity contribution in [2.75, 3.05) is 32.8 Å². The molecule has 2 rings (SSSR count). The van der Waals surface area contributed by atoms with Gasteiger partial charge in [-0.15, -0.1) is 0 Å². The molecule has 200 valence electrons. The summed E-state index contributed by atoms with van der Waals surface area (Å²) in [6.07, 6.45) is -2.88. The van der Waals surface area contributed by atoms with Crippen molar-refractivity contribution in [3.8, 4) is 11.5 Å². The lowest BCUT2D eigenvalue weighted by molar-refractivity contribution is -0.192. The molecule has 0 atom stereocenters. The van der Waals surface area contributed by atoms with Crippen molar-refractivity contribution in [1.29, 1.82) is 0 Å². The van der Waals surface area contributed by atoms with Crippen molar-refractivity contribution in [3.05, 3.63) is 23.8 Å². The molecular weight excluding hydrogens is 497 g/mol. The predicted molar refractivity (Wildman–Crippen MR) is 114 cm³/mol. The van der Waals surface area contributed by atoms with E-state index in [0.717, 1.165) is 25.9 Å². The molecule has 0 radical (unpaired) electrons. The molecule has 0 saturated carbocycles. The number of halogens is 3. The van der Waals surface area contributed by atoms with Gasteiger partial charge in [-0.25, -0.2) is 14.4 Å². The van der Waals surface area contributed by atoms with Gasteiger partial charge in [-0.1, -0.05) is 0 Å². The quantitative estimate of drug-likeness (QED) is 0.260. The molecule has 1 aromatic rings. The number of nitrogens with one attached hydrogen (secondary N) is 2. The third-order valence-electron chi connectivity index (χ3n) is 4.59. The Morgan fingerprint density at radius 3 is 1.97 bits per heavy atom. The van der Waals surface area contributed by atoms with Gasteiger partial charge in [0.2, 0.25) is 5.91 Å². The molecule has 12 nitrogen and oxygen atoms in total. The van der Waals surface area contributed by atoms with E-state index >= 15 is 0 Å². The number of ketones is 1. The number of hydrogen-bond donors (Lipinski definition) is 5. The highest BCUT2D eigenvalue weighted by Crippen LogP contribution is 2.28. The highest BCUT2D eigenvalue weighted by Gasteiger charge is 2.38. The van der Waals surface area contributed by atoms with E-state index in [4.69, 9.17) is 29.6 Å². The van der Waals surface area contributed by atoms with Crippen LogP contribution in [0.25, 0.3) is 0 Å². The van der Waals surface area contributed by atoms with Crippen molar-refractivity contribution in [2.24, 2.45) is 5.92 Å². The fourth-order valence-corrected chi connectivity index (χ4v) is 2.89. The van der Waals surface area contributed by atoms with Crippen molar-refractivity contribution >= 4 is 29.6 Å². The van der Waals surface area contributed by atoms with E-state index in [9.17, 15) is 32.3 Å². The number of benzene rings is 1. The van der Waals surface area contributed by atoms with Crippen LogP contribution in [0, 0.1) is 5.92 Å². The van der Waals surface area contributed by atoms with Gasteiger partial charge in [-0.3, -0.25) is 9.59 Å². The summed E-state index contributed by atoms with van der Waals surface area (Å²) in [5.41, 5.74) is 0.176. The molecule has 1 fully saturated rings. The molecule has 0 unspecified atom stereocenters.